The molecule has 0 saturated carbocycles. The van der Waals surface area contributed by atoms with Crippen molar-refractivity contribution in [1.29, 1.82) is 0 Å². The molecule has 4 aromatic heterocycles. The molecule has 0 spiro atoms. The molecule has 0 aliphatic rings. The fourth-order valence-corrected chi connectivity index (χ4v) is 7.44. The van der Waals surface area contributed by atoms with Gasteiger partial charge in [-0.05, 0) is 133 Å². The van der Waals surface area contributed by atoms with Crippen LogP contribution in [0.5, 0.6) is 0 Å². The van der Waals surface area contributed by atoms with Gasteiger partial charge in [-0.2, -0.15) is 0 Å². The van der Waals surface area contributed by atoms with Crippen LogP contribution in [0.15, 0.2) is 263 Å². The van der Waals surface area contributed by atoms with Gasteiger partial charge in [0, 0.05) is 79.5 Å². The van der Waals surface area contributed by atoms with Crippen LogP contribution in [-0.2, 0) is 0 Å². The highest BCUT2D eigenvalue weighted by Crippen LogP contribution is 2.44. The van der Waals surface area contributed by atoms with Crippen LogP contribution in [0.1, 0.15) is 20.8 Å². The molecule has 0 N–H and O–H groups in total. The Morgan fingerprint density at radius 1 is 0.397 bits per heavy atom. The van der Waals surface area contributed by atoms with E-state index in [-0.39, 0.29) is 0 Å². The highest BCUT2D eigenvalue weighted by atomic mass is 14.6. The van der Waals surface area contributed by atoms with Gasteiger partial charge in [0.15, 0.2) is 0 Å². The lowest BCUT2D eigenvalue weighted by molar-refractivity contribution is 1.32. The van der Waals surface area contributed by atoms with Gasteiger partial charge in [0.05, 0.1) is 0 Å². The highest BCUT2D eigenvalue weighted by molar-refractivity contribution is 6.27. The van der Waals surface area contributed by atoms with Crippen molar-refractivity contribution in [3.63, 3.8) is 0 Å². The number of pyridine rings is 4. The van der Waals surface area contributed by atoms with E-state index >= 15 is 0 Å². The first-order valence-electron chi connectivity index (χ1n) is 22.6. The minimum absolute atomic E-state index is 1.09. The van der Waals surface area contributed by atoms with Crippen LogP contribution in [0.3, 0.4) is 0 Å². The van der Waals surface area contributed by atoms with Gasteiger partial charge in [0.2, 0.25) is 0 Å². The fourth-order valence-electron chi connectivity index (χ4n) is 7.44. The Balaban J connectivity index is 0.000000329. The molecular weight excluding hydrogens is 827 g/mol. The van der Waals surface area contributed by atoms with Crippen LogP contribution in [0, 0.1) is 0 Å². The molecule has 0 radical (unpaired) electrons. The van der Waals surface area contributed by atoms with Crippen molar-refractivity contribution in [2.24, 2.45) is 4.99 Å². The van der Waals surface area contributed by atoms with E-state index in [2.05, 4.69) is 160 Å². The standard InChI is InChI=1S/C43H27N3.C5H5N.C5H8.C4H7N.C4H6.C2H6/c1-5-30(32-7-2-18-44-25-32)21-31(6-1)38-14-10-28-13-17-41-39(15-11-29-12-16-40(38)42(28)43(29)41)37-23-35(33-8-3-19-45-26-33)22-36(24-37)34-9-4-20-46-27-34;1-2-4-6-5-3-1;1-3-5-4-2;1-3-4-5-2;1-3-4-2;1-2/h1-27H;1-5H;3-5H,1H2,2H3;3-4H,1H2,2H3;3-4H,1-2H2;1-2H3/b;;5-4-;;;. The first-order valence-corrected chi connectivity index (χ1v) is 22.6. The summed E-state index contributed by atoms with van der Waals surface area (Å²) in [5.41, 5.74) is 11.5. The number of hydrogen-bond acceptors (Lipinski definition) is 5. The van der Waals surface area contributed by atoms with Crippen LogP contribution >= 0.6 is 0 Å². The molecule has 0 aliphatic heterocycles. The van der Waals surface area contributed by atoms with Crippen LogP contribution in [0.4, 0.5) is 0 Å². The van der Waals surface area contributed by atoms with Gasteiger partial charge in [0.25, 0.3) is 0 Å². The summed E-state index contributed by atoms with van der Waals surface area (Å²) in [4.78, 5) is 20.6. The Hall–Kier alpha value is -8.67. The number of nitrogens with zero attached hydrogens (tertiary/aromatic N) is 5. The predicted molar refractivity (Wildman–Crippen MR) is 296 cm³/mol. The van der Waals surface area contributed by atoms with Gasteiger partial charge < -0.3 is 0 Å². The topological polar surface area (TPSA) is 63.9 Å². The SMILES string of the molecule is C=C/C=C\C.C=CC=C.C=CC=NC.CC.c1ccncc1.c1cncc(-c2cccc(-c3ccc4ccc5c(-c6cc(-c7cccnc7)cc(-c7cccnc7)c6)ccc6ccc3c4c65)c2)c1. The van der Waals surface area contributed by atoms with E-state index in [1.54, 1.807) is 50.0 Å². The summed E-state index contributed by atoms with van der Waals surface area (Å²) >= 11 is 0. The molecule has 5 nitrogen and oxygen atoms in total. The lowest BCUT2D eigenvalue weighted by Crippen LogP contribution is -1.91. The fraction of sp³-hybridized carbons (Fsp3) is 0.0635. The maximum absolute atomic E-state index is 4.41. The lowest BCUT2D eigenvalue weighted by Gasteiger charge is -2.18. The van der Waals surface area contributed by atoms with Gasteiger partial charge >= 0.3 is 0 Å². The minimum Gasteiger partial charge on any atom is -0.297 e. The van der Waals surface area contributed by atoms with Crippen LogP contribution in [0.25, 0.3) is 88.0 Å². The molecule has 5 heteroatoms. The monoisotopic (exact) mass is 885 g/mol. The van der Waals surface area contributed by atoms with E-state index in [0.29, 0.717) is 0 Å². The van der Waals surface area contributed by atoms with E-state index in [1.165, 1.54) is 54.6 Å². The van der Waals surface area contributed by atoms with E-state index in [1.807, 2.05) is 107 Å². The van der Waals surface area contributed by atoms with Crippen LogP contribution < -0.4 is 0 Å². The van der Waals surface area contributed by atoms with Crippen molar-refractivity contribution in [2.45, 2.75) is 20.8 Å². The number of allylic oxidation sites excluding steroid dienone is 6. The van der Waals surface area contributed by atoms with E-state index < -0.39 is 0 Å². The molecule has 0 aliphatic carbocycles. The Kier molecular flexibility index (Phi) is 20.4. The van der Waals surface area contributed by atoms with Gasteiger partial charge in [-0.15, -0.1) is 0 Å². The molecule has 0 saturated heterocycles. The second kappa shape index (κ2) is 27.6. The summed E-state index contributed by atoms with van der Waals surface area (Å²) < 4.78 is 0. The van der Waals surface area contributed by atoms with E-state index in [9.17, 15) is 0 Å². The maximum atomic E-state index is 4.41. The maximum Gasteiger partial charge on any atom is 0.0346 e. The minimum atomic E-state index is 1.09. The van der Waals surface area contributed by atoms with Crippen LogP contribution in [-0.4, -0.2) is 33.2 Å². The van der Waals surface area contributed by atoms with Crippen molar-refractivity contribution >= 4 is 38.5 Å². The van der Waals surface area contributed by atoms with Crippen molar-refractivity contribution in [2.75, 3.05) is 7.05 Å². The molecular formula is C63H59N5. The number of aromatic nitrogens is 4. The lowest BCUT2D eigenvalue weighted by atomic mass is 9.86. The second-order valence-corrected chi connectivity index (χ2v) is 14.7. The highest BCUT2D eigenvalue weighted by Gasteiger charge is 2.16. The summed E-state index contributed by atoms with van der Waals surface area (Å²) in [5, 5.41) is 7.60. The quantitative estimate of drug-likeness (QED) is 0.0866. The van der Waals surface area contributed by atoms with Crippen molar-refractivity contribution in [3.05, 3.63) is 258 Å². The van der Waals surface area contributed by atoms with Crippen molar-refractivity contribution in [1.82, 2.24) is 19.9 Å². The zero-order valence-electron chi connectivity index (χ0n) is 39.6. The third kappa shape index (κ3) is 13.4. The average molecular weight is 886 g/mol. The molecule has 4 heterocycles. The van der Waals surface area contributed by atoms with Crippen molar-refractivity contribution < 1.29 is 0 Å². The number of aliphatic imine (C=N–C) groups is 1. The second-order valence-electron chi connectivity index (χ2n) is 14.7. The third-order valence-electron chi connectivity index (χ3n) is 10.4. The number of benzene rings is 6. The molecule has 0 amide bonds. The molecule has 0 fully saturated rings. The zero-order chi connectivity index (χ0) is 48.4. The van der Waals surface area contributed by atoms with Gasteiger partial charge in [-0.3, -0.25) is 24.9 Å². The molecule has 336 valence electrons. The molecule has 6 aromatic carbocycles. The number of hydrogen-bond donors (Lipinski definition) is 0. The van der Waals surface area contributed by atoms with Gasteiger partial charge in [-0.1, -0.05) is 168 Å². The molecule has 10 rings (SSSR count). The molecule has 68 heavy (non-hydrogen) atoms. The predicted octanol–water partition coefficient (Wildman–Crippen LogP) is 17.2. The average Bonchev–Trinajstić information content (AvgIpc) is 3.43. The summed E-state index contributed by atoms with van der Waals surface area (Å²) in [5.74, 6) is 0. The van der Waals surface area contributed by atoms with Crippen LogP contribution in [0.2, 0.25) is 0 Å². The van der Waals surface area contributed by atoms with Gasteiger partial charge in [0.1, 0.15) is 0 Å². The molecule has 0 bridgehead atoms. The zero-order valence-corrected chi connectivity index (χ0v) is 39.6. The number of rotatable bonds is 8. The normalized spacial score (nSPS) is 10.2. The Bertz CT molecular complexity index is 3050. The van der Waals surface area contributed by atoms with E-state index in [4.69, 9.17) is 0 Å². The smallest absolute Gasteiger partial charge is 0.0346 e. The Labute approximate surface area is 403 Å². The van der Waals surface area contributed by atoms with Crippen molar-refractivity contribution in [3.8, 4) is 55.6 Å². The molecule has 0 unspecified atom stereocenters. The van der Waals surface area contributed by atoms with Gasteiger partial charge in [-0.25, -0.2) is 0 Å². The Morgan fingerprint density at radius 3 is 1.19 bits per heavy atom. The summed E-state index contributed by atoms with van der Waals surface area (Å²) in [7, 11) is 1.71. The third-order valence-corrected chi connectivity index (χ3v) is 10.4. The first kappa shape index (κ1) is 50.3. The summed E-state index contributed by atoms with van der Waals surface area (Å²) in [6.07, 6.45) is 26.9. The molecule has 0 atom stereocenters. The summed E-state index contributed by atoms with van der Waals surface area (Å²) in [6.45, 7) is 19.5. The summed E-state index contributed by atoms with van der Waals surface area (Å²) in [6, 6.07) is 51.8. The largest absolute Gasteiger partial charge is 0.297 e. The molecule has 10 aromatic rings. The first-order chi connectivity index (χ1) is 33.5. The van der Waals surface area contributed by atoms with E-state index in [0.717, 1.165) is 33.4 Å². The Morgan fingerprint density at radius 2 is 0.824 bits per heavy atom.